The number of hydrogen-bond acceptors (Lipinski definition) is 6. The SMILES string of the molecule is O=C(CCC(=O)c1ccccc1Cl)NCc1nc(-c2cccs2)no1. The fourth-order valence-electron chi connectivity index (χ4n) is 2.14. The molecule has 8 heteroatoms. The number of carbonyl (C=O) groups is 2. The molecule has 1 aromatic carbocycles. The number of carbonyl (C=O) groups excluding carboxylic acids is 2. The highest BCUT2D eigenvalue weighted by Crippen LogP contribution is 2.21. The van der Waals surface area contributed by atoms with Crippen LogP contribution in [0.2, 0.25) is 5.02 Å². The van der Waals surface area contributed by atoms with Gasteiger partial charge in [0.15, 0.2) is 5.78 Å². The molecule has 0 aliphatic heterocycles. The number of halogens is 1. The largest absolute Gasteiger partial charge is 0.347 e. The van der Waals surface area contributed by atoms with Gasteiger partial charge in [0.1, 0.15) is 0 Å². The van der Waals surface area contributed by atoms with Crippen LogP contribution in [0.5, 0.6) is 0 Å². The minimum Gasteiger partial charge on any atom is -0.347 e. The lowest BCUT2D eigenvalue weighted by atomic mass is 10.1. The second-order valence-electron chi connectivity index (χ2n) is 5.17. The zero-order valence-electron chi connectivity index (χ0n) is 13.1. The number of benzene rings is 1. The molecule has 0 radical (unpaired) electrons. The van der Waals surface area contributed by atoms with Gasteiger partial charge >= 0.3 is 0 Å². The second-order valence-corrected chi connectivity index (χ2v) is 6.52. The quantitative estimate of drug-likeness (QED) is 0.636. The smallest absolute Gasteiger partial charge is 0.246 e. The number of nitrogens with one attached hydrogen (secondary N) is 1. The molecular formula is C17H14ClN3O3S. The Bertz CT molecular complexity index is 877. The number of hydrogen-bond donors (Lipinski definition) is 1. The van der Waals surface area contributed by atoms with Crippen LogP contribution in [0.1, 0.15) is 29.1 Å². The third-order valence-corrected chi connectivity index (χ3v) is 4.60. The van der Waals surface area contributed by atoms with Gasteiger partial charge in [0.25, 0.3) is 0 Å². The van der Waals surface area contributed by atoms with Crippen molar-refractivity contribution in [2.45, 2.75) is 19.4 Å². The average Bonchev–Trinajstić information content (AvgIpc) is 3.29. The Hall–Kier alpha value is -2.51. The van der Waals surface area contributed by atoms with Crippen LogP contribution >= 0.6 is 22.9 Å². The first kappa shape index (κ1) is 17.3. The molecule has 0 bridgehead atoms. The van der Waals surface area contributed by atoms with E-state index in [2.05, 4.69) is 15.5 Å². The summed E-state index contributed by atoms with van der Waals surface area (Å²) < 4.78 is 5.10. The fourth-order valence-corrected chi connectivity index (χ4v) is 3.03. The summed E-state index contributed by atoms with van der Waals surface area (Å²) >= 11 is 7.48. The van der Waals surface area contributed by atoms with Crippen molar-refractivity contribution < 1.29 is 14.1 Å². The van der Waals surface area contributed by atoms with Crippen molar-refractivity contribution in [2.24, 2.45) is 0 Å². The third kappa shape index (κ3) is 4.52. The van der Waals surface area contributed by atoms with E-state index in [1.54, 1.807) is 24.3 Å². The van der Waals surface area contributed by atoms with Gasteiger partial charge < -0.3 is 9.84 Å². The van der Waals surface area contributed by atoms with E-state index in [4.69, 9.17) is 16.1 Å². The molecule has 0 aliphatic rings. The Kier molecular flexibility index (Phi) is 5.57. The molecule has 2 aromatic heterocycles. The normalized spacial score (nSPS) is 10.6. The van der Waals surface area contributed by atoms with Crippen LogP contribution in [0.3, 0.4) is 0 Å². The second kappa shape index (κ2) is 8.04. The molecule has 0 fully saturated rings. The molecule has 0 saturated heterocycles. The maximum absolute atomic E-state index is 12.1. The molecule has 0 unspecified atom stereocenters. The molecular weight excluding hydrogens is 362 g/mol. The lowest BCUT2D eigenvalue weighted by Crippen LogP contribution is -2.23. The lowest BCUT2D eigenvalue weighted by Gasteiger charge is -2.04. The van der Waals surface area contributed by atoms with Crippen molar-refractivity contribution in [3.8, 4) is 10.7 Å². The fraction of sp³-hybridized carbons (Fsp3) is 0.176. The monoisotopic (exact) mass is 375 g/mol. The van der Waals surface area contributed by atoms with Gasteiger partial charge in [-0.05, 0) is 23.6 Å². The summed E-state index contributed by atoms with van der Waals surface area (Å²) in [5.74, 6) is 0.372. The average molecular weight is 376 g/mol. The van der Waals surface area contributed by atoms with Crippen LogP contribution in [0, 0.1) is 0 Å². The Labute approximate surface area is 152 Å². The van der Waals surface area contributed by atoms with Crippen molar-refractivity contribution in [3.63, 3.8) is 0 Å². The first-order chi connectivity index (χ1) is 12.1. The maximum atomic E-state index is 12.1. The van der Waals surface area contributed by atoms with Crippen LogP contribution in [-0.2, 0) is 11.3 Å². The first-order valence-corrected chi connectivity index (χ1v) is 8.80. The van der Waals surface area contributed by atoms with E-state index in [1.165, 1.54) is 11.3 Å². The number of Topliss-reactive ketones (excluding diaryl/α,β-unsaturated/α-hetero) is 1. The molecule has 0 atom stereocenters. The van der Waals surface area contributed by atoms with E-state index in [0.717, 1.165) is 4.88 Å². The molecule has 2 heterocycles. The van der Waals surface area contributed by atoms with Gasteiger partial charge in [-0.2, -0.15) is 4.98 Å². The molecule has 3 rings (SSSR count). The van der Waals surface area contributed by atoms with E-state index in [0.29, 0.717) is 22.3 Å². The van der Waals surface area contributed by atoms with Crippen LogP contribution in [0.15, 0.2) is 46.3 Å². The summed E-state index contributed by atoms with van der Waals surface area (Å²) in [6.45, 7) is 0.123. The molecule has 0 saturated carbocycles. The van der Waals surface area contributed by atoms with Gasteiger partial charge in [-0.1, -0.05) is 35.0 Å². The molecule has 25 heavy (non-hydrogen) atoms. The lowest BCUT2D eigenvalue weighted by molar-refractivity contribution is -0.121. The maximum Gasteiger partial charge on any atom is 0.246 e. The molecule has 1 amide bonds. The minimum absolute atomic E-state index is 0.0655. The summed E-state index contributed by atoms with van der Waals surface area (Å²) in [5.41, 5.74) is 0.425. The molecule has 0 spiro atoms. The van der Waals surface area contributed by atoms with E-state index in [9.17, 15) is 9.59 Å². The van der Waals surface area contributed by atoms with Gasteiger partial charge in [-0.15, -0.1) is 11.3 Å². The van der Waals surface area contributed by atoms with Crippen LogP contribution in [0.25, 0.3) is 10.7 Å². The predicted octanol–water partition coefficient (Wildman–Crippen LogP) is 3.73. The van der Waals surface area contributed by atoms with Crippen molar-refractivity contribution >= 4 is 34.6 Å². The third-order valence-electron chi connectivity index (χ3n) is 3.40. The Morgan fingerprint density at radius 3 is 2.76 bits per heavy atom. The van der Waals surface area contributed by atoms with Gasteiger partial charge in [-0.25, -0.2) is 0 Å². The topological polar surface area (TPSA) is 85.1 Å². The summed E-state index contributed by atoms with van der Waals surface area (Å²) in [7, 11) is 0. The first-order valence-electron chi connectivity index (χ1n) is 7.54. The van der Waals surface area contributed by atoms with Crippen molar-refractivity contribution in [1.82, 2.24) is 15.5 Å². The number of thiophene rings is 1. The number of nitrogens with zero attached hydrogens (tertiary/aromatic N) is 2. The van der Waals surface area contributed by atoms with Gasteiger partial charge in [0.2, 0.25) is 17.6 Å². The van der Waals surface area contributed by atoms with Crippen LogP contribution < -0.4 is 5.32 Å². The zero-order chi connectivity index (χ0) is 17.6. The molecule has 0 aliphatic carbocycles. The number of aromatic nitrogens is 2. The van der Waals surface area contributed by atoms with Crippen LogP contribution in [-0.4, -0.2) is 21.8 Å². The zero-order valence-corrected chi connectivity index (χ0v) is 14.6. The summed E-state index contributed by atoms with van der Waals surface area (Å²) in [5, 5.41) is 8.83. The molecule has 6 nitrogen and oxygen atoms in total. The van der Waals surface area contributed by atoms with Gasteiger partial charge in [0.05, 0.1) is 16.4 Å². The number of rotatable bonds is 7. The molecule has 3 aromatic rings. The van der Waals surface area contributed by atoms with Gasteiger partial charge in [-0.3, -0.25) is 9.59 Å². The van der Waals surface area contributed by atoms with Crippen molar-refractivity contribution in [2.75, 3.05) is 0 Å². The van der Waals surface area contributed by atoms with E-state index >= 15 is 0 Å². The number of ketones is 1. The highest BCUT2D eigenvalue weighted by Gasteiger charge is 2.13. The van der Waals surface area contributed by atoms with Crippen LogP contribution in [0.4, 0.5) is 0 Å². The van der Waals surface area contributed by atoms with E-state index in [-0.39, 0.29) is 31.1 Å². The standard InChI is InChI=1S/C17H14ClN3O3S/c18-12-5-2-1-4-11(12)13(22)7-8-15(23)19-10-16-20-17(21-24-16)14-6-3-9-25-14/h1-6,9H,7-8,10H2,(H,19,23). The Morgan fingerprint density at radius 2 is 2.00 bits per heavy atom. The Balaban J connectivity index is 1.47. The predicted molar refractivity (Wildman–Crippen MR) is 94.5 cm³/mol. The number of amides is 1. The van der Waals surface area contributed by atoms with E-state index < -0.39 is 0 Å². The summed E-state index contributed by atoms with van der Waals surface area (Å²) in [6, 6.07) is 10.6. The molecule has 128 valence electrons. The highest BCUT2D eigenvalue weighted by molar-refractivity contribution is 7.13. The molecule has 1 N–H and O–H groups in total. The van der Waals surface area contributed by atoms with Crippen molar-refractivity contribution in [1.29, 1.82) is 0 Å². The van der Waals surface area contributed by atoms with Crippen molar-refractivity contribution in [3.05, 3.63) is 58.3 Å². The van der Waals surface area contributed by atoms with Gasteiger partial charge in [0, 0.05) is 18.4 Å². The minimum atomic E-state index is -0.267. The Morgan fingerprint density at radius 1 is 1.16 bits per heavy atom. The summed E-state index contributed by atoms with van der Waals surface area (Å²) in [6.07, 6.45) is 0.149. The highest BCUT2D eigenvalue weighted by atomic mass is 35.5. The summed E-state index contributed by atoms with van der Waals surface area (Å²) in [4.78, 5) is 29.1. The van der Waals surface area contributed by atoms with E-state index in [1.807, 2.05) is 17.5 Å².